The maximum Gasteiger partial charge on any atom is 0.291 e. The summed E-state index contributed by atoms with van der Waals surface area (Å²) in [4.78, 5) is 23.0. The van der Waals surface area contributed by atoms with Crippen LogP contribution in [0.3, 0.4) is 0 Å². The van der Waals surface area contributed by atoms with E-state index in [-0.39, 0.29) is 22.9 Å². The number of nitrogens with one attached hydrogen (secondary N) is 2. The fourth-order valence-corrected chi connectivity index (χ4v) is 1.61. The topological polar surface area (TPSA) is 71.3 Å². The number of hydrogen-bond acceptors (Lipinski definition) is 3. The third-order valence-corrected chi connectivity index (χ3v) is 2.78. The van der Waals surface area contributed by atoms with Crippen molar-refractivity contribution in [2.75, 3.05) is 16.0 Å². The Morgan fingerprint density at radius 1 is 1.11 bits per heavy atom. The van der Waals surface area contributed by atoms with Gasteiger partial charge in [-0.2, -0.15) is 0 Å². The summed E-state index contributed by atoms with van der Waals surface area (Å²) >= 11 is 3.06. The highest BCUT2D eigenvalue weighted by molar-refractivity contribution is 9.09. The van der Waals surface area contributed by atoms with E-state index in [2.05, 4.69) is 26.6 Å². The Balaban J connectivity index is 2.07. The van der Waals surface area contributed by atoms with E-state index in [1.54, 1.807) is 36.4 Å². The van der Waals surface area contributed by atoms with Crippen LogP contribution >= 0.6 is 15.9 Å². The van der Waals surface area contributed by atoms with Crippen molar-refractivity contribution in [3.8, 4) is 0 Å². The van der Waals surface area contributed by atoms with Crippen LogP contribution in [-0.4, -0.2) is 17.1 Å². The molecule has 19 heavy (non-hydrogen) atoms. The summed E-state index contributed by atoms with van der Waals surface area (Å²) in [5.41, 5.74) is 1.19. The van der Waals surface area contributed by atoms with Crippen LogP contribution in [-0.2, 0) is 4.79 Å². The van der Waals surface area contributed by atoms with E-state index in [9.17, 15) is 9.59 Å². The van der Waals surface area contributed by atoms with Crippen molar-refractivity contribution in [3.63, 3.8) is 0 Å². The molecule has 1 aromatic heterocycles. The van der Waals surface area contributed by atoms with Crippen LogP contribution in [0, 0.1) is 0 Å². The van der Waals surface area contributed by atoms with Crippen molar-refractivity contribution in [2.45, 2.75) is 0 Å². The molecule has 0 fully saturated rings. The zero-order chi connectivity index (χ0) is 13.7. The summed E-state index contributed by atoms with van der Waals surface area (Å²) in [5.74, 6) is -0.265. The van der Waals surface area contributed by atoms with Crippen molar-refractivity contribution in [1.82, 2.24) is 0 Å². The molecule has 0 aliphatic carbocycles. The Morgan fingerprint density at radius 3 is 2.47 bits per heavy atom. The van der Waals surface area contributed by atoms with Crippen LogP contribution in [0.1, 0.15) is 10.6 Å². The second kappa shape index (κ2) is 6.19. The molecule has 0 aliphatic rings. The first-order valence-electron chi connectivity index (χ1n) is 5.50. The third-order valence-electron chi connectivity index (χ3n) is 2.27. The fraction of sp³-hybridized carbons (Fsp3) is 0.0769. The Kier molecular flexibility index (Phi) is 4.35. The summed E-state index contributed by atoms with van der Waals surface area (Å²) in [6.45, 7) is 0. The van der Waals surface area contributed by atoms with E-state index in [0.29, 0.717) is 11.4 Å². The van der Waals surface area contributed by atoms with Crippen LogP contribution in [0.4, 0.5) is 11.4 Å². The lowest BCUT2D eigenvalue weighted by Crippen LogP contribution is -2.13. The SMILES string of the molecule is O=C(CBr)Nc1cccc(NC(=O)c2ccco2)c1. The zero-order valence-corrected chi connectivity index (χ0v) is 11.4. The minimum absolute atomic E-state index is 0.158. The van der Waals surface area contributed by atoms with Crippen molar-refractivity contribution in [1.29, 1.82) is 0 Å². The first-order valence-corrected chi connectivity index (χ1v) is 6.62. The molecule has 5 nitrogen and oxygen atoms in total. The molecule has 2 N–H and O–H groups in total. The summed E-state index contributed by atoms with van der Waals surface area (Å²) in [6.07, 6.45) is 1.43. The van der Waals surface area contributed by atoms with Gasteiger partial charge in [0.2, 0.25) is 5.91 Å². The highest BCUT2D eigenvalue weighted by atomic mass is 79.9. The van der Waals surface area contributed by atoms with Gasteiger partial charge in [-0.05, 0) is 30.3 Å². The Morgan fingerprint density at radius 2 is 1.84 bits per heavy atom. The van der Waals surface area contributed by atoms with E-state index < -0.39 is 0 Å². The second-order valence-corrected chi connectivity index (χ2v) is 4.25. The number of rotatable bonds is 4. The Labute approximate surface area is 118 Å². The molecule has 1 heterocycles. The van der Waals surface area contributed by atoms with Gasteiger partial charge in [-0.25, -0.2) is 0 Å². The molecule has 0 atom stereocenters. The molecule has 0 bridgehead atoms. The van der Waals surface area contributed by atoms with Gasteiger partial charge in [-0.15, -0.1) is 0 Å². The molecule has 0 radical (unpaired) electrons. The normalized spacial score (nSPS) is 9.95. The monoisotopic (exact) mass is 322 g/mol. The third kappa shape index (κ3) is 3.69. The molecule has 0 saturated heterocycles. The number of furan rings is 1. The Bertz CT molecular complexity index is 581. The van der Waals surface area contributed by atoms with Gasteiger partial charge in [0.1, 0.15) is 0 Å². The van der Waals surface area contributed by atoms with Crippen molar-refractivity contribution >= 4 is 39.1 Å². The van der Waals surface area contributed by atoms with E-state index >= 15 is 0 Å². The number of amides is 2. The predicted octanol–water partition coefficient (Wildman–Crippen LogP) is 2.87. The molecule has 0 unspecified atom stereocenters. The number of carbonyl (C=O) groups excluding carboxylic acids is 2. The van der Waals surface area contributed by atoms with Gasteiger partial charge in [0, 0.05) is 11.4 Å². The van der Waals surface area contributed by atoms with Crippen LogP contribution in [0.2, 0.25) is 0 Å². The summed E-state index contributed by atoms with van der Waals surface area (Å²) < 4.78 is 4.99. The second-order valence-electron chi connectivity index (χ2n) is 3.69. The van der Waals surface area contributed by atoms with Gasteiger partial charge < -0.3 is 15.1 Å². The smallest absolute Gasteiger partial charge is 0.291 e. The lowest BCUT2D eigenvalue weighted by atomic mass is 10.2. The summed E-state index contributed by atoms with van der Waals surface area (Å²) in [5, 5.41) is 5.58. The van der Waals surface area contributed by atoms with E-state index in [0.717, 1.165) is 0 Å². The zero-order valence-electron chi connectivity index (χ0n) is 9.85. The van der Waals surface area contributed by atoms with Crippen LogP contribution < -0.4 is 10.6 Å². The number of anilines is 2. The molecule has 0 saturated carbocycles. The first kappa shape index (κ1) is 13.4. The minimum Gasteiger partial charge on any atom is -0.459 e. The molecule has 0 aliphatic heterocycles. The summed E-state index contributed by atoms with van der Waals surface area (Å²) in [7, 11) is 0. The van der Waals surface area contributed by atoms with Crippen molar-refractivity contribution < 1.29 is 14.0 Å². The van der Waals surface area contributed by atoms with Gasteiger partial charge in [0.15, 0.2) is 5.76 Å². The van der Waals surface area contributed by atoms with Crippen LogP contribution in [0.15, 0.2) is 47.1 Å². The molecular formula is C13H11BrN2O3. The maximum atomic E-state index is 11.8. The van der Waals surface area contributed by atoms with Crippen molar-refractivity contribution in [3.05, 3.63) is 48.4 Å². The minimum atomic E-state index is -0.339. The number of hydrogen-bond donors (Lipinski definition) is 2. The van der Waals surface area contributed by atoms with E-state index in [4.69, 9.17) is 4.42 Å². The molecule has 2 rings (SSSR count). The standard InChI is InChI=1S/C13H11BrN2O3/c14-8-12(17)15-9-3-1-4-10(7-9)16-13(18)11-5-2-6-19-11/h1-7H,8H2,(H,15,17)(H,16,18). The number of carbonyl (C=O) groups is 2. The summed E-state index contributed by atoms with van der Waals surface area (Å²) in [6, 6.07) is 10.1. The average Bonchev–Trinajstić information content (AvgIpc) is 2.93. The molecule has 98 valence electrons. The largest absolute Gasteiger partial charge is 0.459 e. The fourth-order valence-electron chi connectivity index (χ4n) is 1.47. The van der Waals surface area contributed by atoms with E-state index in [1.165, 1.54) is 6.26 Å². The molecule has 2 amide bonds. The first-order chi connectivity index (χ1) is 9.19. The van der Waals surface area contributed by atoms with E-state index in [1.807, 2.05) is 0 Å². The molecule has 6 heteroatoms. The number of halogens is 1. The van der Waals surface area contributed by atoms with Gasteiger partial charge >= 0.3 is 0 Å². The number of benzene rings is 1. The molecule has 1 aromatic carbocycles. The van der Waals surface area contributed by atoms with Gasteiger partial charge in [0.05, 0.1) is 11.6 Å². The average molecular weight is 323 g/mol. The highest BCUT2D eigenvalue weighted by Gasteiger charge is 2.09. The quantitative estimate of drug-likeness (QED) is 0.850. The maximum absolute atomic E-state index is 11.8. The van der Waals surface area contributed by atoms with Gasteiger partial charge in [-0.3, -0.25) is 9.59 Å². The molecule has 2 aromatic rings. The number of alkyl halides is 1. The highest BCUT2D eigenvalue weighted by Crippen LogP contribution is 2.16. The molecule has 0 spiro atoms. The van der Waals surface area contributed by atoms with Gasteiger partial charge in [-0.1, -0.05) is 22.0 Å². The molecular weight excluding hydrogens is 312 g/mol. The van der Waals surface area contributed by atoms with Crippen LogP contribution in [0.25, 0.3) is 0 Å². The Hall–Kier alpha value is -2.08. The lowest BCUT2D eigenvalue weighted by Gasteiger charge is -2.07. The lowest BCUT2D eigenvalue weighted by molar-refractivity contribution is -0.113. The van der Waals surface area contributed by atoms with Gasteiger partial charge in [0.25, 0.3) is 5.91 Å². The predicted molar refractivity (Wildman–Crippen MR) is 75.5 cm³/mol. The van der Waals surface area contributed by atoms with Crippen LogP contribution in [0.5, 0.6) is 0 Å². The van der Waals surface area contributed by atoms with Crippen molar-refractivity contribution in [2.24, 2.45) is 0 Å².